The molecule has 0 N–H and O–H groups in total. The summed E-state index contributed by atoms with van der Waals surface area (Å²) in [4.78, 5) is 0. The van der Waals surface area contributed by atoms with Gasteiger partial charge in [-0.25, -0.2) is 8.78 Å². The van der Waals surface area contributed by atoms with Gasteiger partial charge >= 0.3 is 0 Å². The first-order chi connectivity index (χ1) is 3.62. The van der Waals surface area contributed by atoms with E-state index in [0.717, 1.165) is 6.08 Å². The third-order valence-electron chi connectivity index (χ3n) is 0.882. The Morgan fingerprint density at radius 3 is 2.12 bits per heavy atom. The molecular weight excluding hydrogens is 110 g/mol. The summed E-state index contributed by atoms with van der Waals surface area (Å²) in [6.45, 7) is 3.05. The zero-order valence-corrected chi connectivity index (χ0v) is 5.12. The fourth-order valence-corrected chi connectivity index (χ4v) is 0.362. The van der Waals surface area contributed by atoms with Gasteiger partial charge in [-0.1, -0.05) is 13.0 Å². The molecule has 0 aliphatic rings. The summed E-state index contributed by atoms with van der Waals surface area (Å²) in [5.41, 5.74) is 0. The van der Waals surface area contributed by atoms with Gasteiger partial charge in [-0.05, 0) is 13.0 Å². The van der Waals surface area contributed by atoms with Crippen LogP contribution in [0.3, 0.4) is 0 Å². The van der Waals surface area contributed by atoms with E-state index in [1.807, 2.05) is 0 Å². The van der Waals surface area contributed by atoms with Gasteiger partial charge in [0.25, 0.3) is 5.92 Å². The van der Waals surface area contributed by atoms with E-state index in [9.17, 15) is 8.78 Å². The number of hydrogen-bond acceptors (Lipinski definition) is 0. The highest BCUT2D eigenvalue weighted by Gasteiger charge is 2.20. The number of allylic oxidation sites excluding steroid dienone is 2. The molecule has 0 aromatic heterocycles. The summed E-state index contributed by atoms with van der Waals surface area (Å²) in [6.07, 6.45) is 2.16. The number of halogens is 2. The van der Waals surface area contributed by atoms with Crippen LogP contribution in [-0.4, -0.2) is 5.92 Å². The third kappa shape index (κ3) is 2.72. The Morgan fingerprint density at radius 1 is 1.50 bits per heavy atom. The molecule has 0 bridgehead atoms. The fraction of sp³-hybridized carbons (Fsp3) is 0.667. The van der Waals surface area contributed by atoms with Crippen LogP contribution >= 0.6 is 0 Å². The lowest BCUT2D eigenvalue weighted by atomic mass is 10.2. The predicted molar refractivity (Wildman–Crippen MR) is 30.1 cm³/mol. The van der Waals surface area contributed by atoms with Crippen molar-refractivity contribution >= 4 is 0 Å². The first kappa shape index (κ1) is 7.60. The molecule has 8 heavy (non-hydrogen) atoms. The highest BCUT2D eigenvalue weighted by Crippen LogP contribution is 2.18. The highest BCUT2D eigenvalue weighted by molar-refractivity contribution is 4.91. The minimum atomic E-state index is -2.59. The van der Waals surface area contributed by atoms with Crippen LogP contribution < -0.4 is 0 Å². The van der Waals surface area contributed by atoms with Crippen LogP contribution in [0.4, 0.5) is 8.78 Å². The van der Waals surface area contributed by atoms with E-state index in [-0.39, 0.29) is 6.42 Å². The minimum Gasteiger partial charge on any atom is -0.202 e. The molecule has 0 atom stereocenters. The van der Waals surface area contributed by atoms with E-state index in [1.54, 1.807) is 6.92 Å². The van der Waals surface area contributed by atoms with Crippen LogP contribution in [0.5, 0.6) is 0 Å². The van der Waals surface area contributed by atoms with Crippen LogP contribution in [0.15, 0.2) is 12.2 Å². The van der Waals surface area contributed by atoms with Crippen molar-refractivity contribution < 1.29 is 8.78 Å². The smallest absolute Gasteiger partial charge is 0.202 e. The van der Waals surface area contributed by atoms with Crippen molar-refractivity contribution in [1.29, 1.82) is 0 Å². The van der Waals surface area contributed by atoms with Crippen molar-refractivity contribution in [2.75, 3.05) is 0 Å². The molecular formula is C6H10F2. The van der Waals surface area contributed by atoms with E-state index in [4.69, 9.17) is 0 Å². The van der Waals surface area contributed by atoms with Gasteiger partial charge < -0.3 is 0 Å². The van der Waals surface area contributed by atoms with Crippen molar-refractivity contribution in [1.82, 2.24) is 0 Å². The molecule has 0 rings (SSSR count). The Kier molecular flexibility index (Phi) is 2.66. The Bertz CT molecular complexity index is 84.5. The lowest BCUT2D eigenvalue weighted by molar-refractivity contribution is 0.0510. The van der Waals surface area contributed by atoms with E-state index in [2.05, 4.69) is 0 Å². The van der Waals surface area contributed by atoms with Gasteiger partial charge in [0.2, 0.25) is 0 Å². The second kappa shape index (κ2) is 2.80. The van der Waals surface area contributed by atoms with Gasteiger partial charge in [-0.3, -0.25) is 0 Å². The van der Waals surface area contributed by atoms with Gasteiger partial charge in [-0.2, -0.15) is 0 Å². The van der Waals surface area contributed by atoms with Crippen molar-refractivity contribution in [3.63, 3.8) is 0 Å². The van der Waals surface area contributed by atoms with E-state index in [1.165, 1.54) is 13.0 Å². The SMILES string of the molecule is C/C=C/C(F)(F)CC. The molecule has 0 unspecified atom stereocenters. The zero-order chi connectivity index (χ0) is 6.62. The Balaban J connectivity index is 3.71. The van der Waals surface area contributed by atoms with Crippen LogP contribution in [0.2, 0.25) is 0 Å². The van der Waals surface area contributed by atoms with Crippen molar-refractivity contribution in [2.24, 2.45) is 0 Å². The molecule has 0 aromatic rings. The molecule has 0 heterocycles. The molecule has 48 valence electrons. The highest BCUT2D eigenvalue weighted by atomic mass is 19.3. The summed E-state index contributed by atoms with van der Waals surface area (Å²) in [6, 6.07) is 0. The molecule has 0 nitrogen and oxygen atoms in total. The number of alkyl halides is 2. The Labute approximate surface area is 48.2 Å². The van der Waals surface area contributed by atoms with Gasteiger partial charge in [0.1, 0.15) is 0 Å². The molecule has 0 spiro atoms. The molecule has 0 aliphatic heterocycles. The average Bonchev–Trinajstić information content (AvgIpc) is 1.67. The summed E-state index contributed by atoms with van der Waals surface area (Å²) >= 11 is 0. The Hall–Kier alpha value is -0.400. The molecule has 0 amide bonds. The van der Waals surface area contributed by atoms with Crippen molar-refractivity contribution in [3.05, 3.63) is 12.2 Å². The minimum absolute atomic E-state index is 0.114. The molecule has 0 fully saturated rings. The molecule has 2 heteroatoms. The van der Waals surface area contributed by atoms with Crippen molar-refractivity contribution in [3.8, 4) is 0 Å². The predicted octanol–water partition coefficient (Wildman–Crippen LogP) is 2.61. The quantitative estimate of drug-likeness (QED) is 0.491. The largest absolute Gasteiger partial charge is 0.266 e. The van der Waals surface area contributed by atoms with E-state index >= 15 is 0 Å². The molecule has 0 radical (unpaired) electrons. The first-order valence-electron chi connectivity index (χ1n) is 2.64. The Morgan fingerprint density at radius 2 is 2.00 bits per heavy atom. The van der Waals surface area contributed by atoms with Gasteiger partial charge in [-0.15, -0.1) is 0 Å². The topological polar surface area (TPSA) is 0 Å². The monoisotopic (exact) mass is 120 g/mol. The maximum absolute atomic E-state index is 12.1. The molecule has 0 saturated carbocycles. The average molecular weight is 120 g/mol. The summed E-state index contributed by atoms with van der Waals surface area (Å²) in [7, 11) is 0. The molecule has 0 aromatic carbocycles. The van der Waals surface area contributed by atoms with Crippen LogP contribution in [0, 0.1) is 0 Å². The maximum Gasteiger partial charge on any atom is 0.266 e. The summed E-state index contributed by atoms with van der Waals surface area (Å²) < 4.78 is 24.1. The van der Waals surface area contributed by atoms with Gasteiger partial charge in [0, 0.05) is 6.42 Å². The number of hydrogen-bond donors (Lipinski definition) is 0. The van der Waals surface area contributed by atoms with Crippen LogP contribution in [-0.2, 0) is 0 Å². The third-order valence-corrected chi connectivity index (χ3v) is 0.882. The zero-order valence-electron chi connectivity index (χ0n) is 5.12. The molecule has 0 aliphatic carbocycles. The van der Waals surface area contributed by atoms with Crippen LogP contribution in [0.25, 0.3) is 0 Å². The second-order valence-electron chi connectivity index (χ2n) is 1.61. The van der Waals surface area contributed by atoms with Crippen LogP contribution in [0.1, 0.15) is 20.3 Å². The lowest BCUT2D eigenvalue weighted by Gasteiger charge is -2.05. The fourth-order valence-electron chi connectivity index (χ4n) is 0.362. The summed E-state index contributed by atoms with van der Waals surface area (Å²) in [5, 5.41) is 0. The summed E-state index contributed by atoms with van der Waals surface area (Å²) in [5.74, 6) is -2.59. The number of rotatable bonds is 2. The standard InChI is InChI=1S/C6H10F2/c1-3-5-6(7,8)4-2/h3,5H,4H2,1-2H3/b5-3+. The van der Waals surface area contributed by atoms with Gasteiger partial charge in [0.15, 0.2) is 0 Å². The van der Waals surface area contributed by atoms with E-state index in [0.29, 0.717) is 0 Å². The van der Waals surface area contributed by atoms with Gasteiger partial charge in [0.05, 0.1) is 0 Å². The van der Waals surface area contributed by atoms with E-state index < -0.39 is 5.92 Å². The van der Waals surface area contributed by atoms with Crippen molar-refractivity contribution in [2.45, 2.75) is 26.2 Å². The second-order valence-corrected chi connectivity index (χ2v) is 1.61. The normalized spacial score (nSPS) is 13.0. The maximum atomic E-state index is 12.1. The first-order valence-corrected chi connectivity index (χ1v) is 2.64. The molecule has 0 saturated heterocycles. The lowest BCUT2D eigenvalue weighted by Crippen LogP contribution is -2.08.